The van der Waals surface area contributed by atoms with Crippen molar-refractivity contribution in [2.75, 3.05) is 0 Å². The van der Waals surface area contributed by atoms with Crippen molar-refractivity contribution in [3.8, 4) is 33.4 Å². The van der Waals surface area contributed by atoms with Crippen LogP contribution in [0.2, 0.25) is 0 Å². The fourth-order valence-corrected chi connectivity index (χ4v) is 8.64. The number of hydrogen-bond donors (Lipinski definition) is 0. The van der Waals surface area contributed by atoms with Crippen molar-refractivity contribution in [1.29, 1.82) is 0 Å². The Hall–Kier alpha value is -6.70. The first-order valence-corrected chi connectivity index (χ1v) is 17.6. The highest BCUT2D eigenvalue weighted by atomic mass is 16.3. The van der Waals surface area contributed by atoms with E-state index in [4.69, 9.17) is 4.42 Å². The van der Waals surface area contributed by atoms with Crippen molar-refractivity contribution in [3.05, 3.63) is 182 Å². The van der Waals surface area contributed by atoms with Gasteiger partial charge in [-0.25, -0.2) is 0 Å². The topological polar surface area (TPSA) is 13.1 Å². The molecule has 0 amide bonds. The smallest absolute Gasteiger partial charge is 0.136 e. The van der Waals surface area contributed by atoms with Crippen LogP contribution >= 0.6 is 0 Å². The van der Waals surface area contributed by atoms with Crippen molar-refractivity contribution in [2.45, 2.75) is 0 Å². The monoisotopic (exact) mass is 646 g/mol. The summed E-state index contributed by atoms with van der Waals surface area (Å²) in [5, 5.41) is 14.7. The Balaban J connectivity index is 1.34. The highest BCUT2D eigenvalue weighted by molar-refractivity contribution is 6.30. The van der Waals surface area contributed by atoms with Gasteiger partial charge in [-0.15, -0.1) is 0 Å². The third-order valence-corrected chi connectivity index (χ3v) is 10.8. The predicted octanol–water partition coefficient (Wildman–Crippen LogP) is 14.4. The molecule has 51 heavy (non-hydrogen) atoms. The molecule has 0 atom stereocenters. The van der Waals surface area contributed by atoms with Gasteiger partial charge < -0.3 is 4.42 Å². The van der Waals surface area contributed by atoms with Crippen LogP contribution in [-0.2, 0) is 0 Å². The molecule has 1 heteroatoms. The summed E-state index contributed by atoms with van der Waals surface area (Å²) in [6.07, 6.45) is 0. The molecule has 0 saturated heterocycles. The molecule has 1 nitrogen and oxygen atoms in total. The number of benzene rings is 10. The van der Waals surface area contributed by atoms with Crippen LogP contribution in [0.4, 0.5) is 0 Å². The van der Waals surface area contributed by atoms with Crippen molar-refractivity contribution in [1.82, 2.24) is 0 Å². The Morgan fingerprint density at radius 3 is 1.71 bits per heavy atom. The minimum absolute atomic E-state index is 0.902. The minimum atomic E-state index is 0.902. The first-order valence-electron chi connectivity index (χ1n) is 17.6. The van der Waals surface area contributed by atoms with Gasteiger partial charge in [-0.05, 0) is 105 Å². The van der Waals surface area contributed by atoms with E-state index in [1.807, 2.05) is 0 Å². The second-order valence-corrected chi connectivity index (χ2v) is 13.6. The van der Waals surface area contributed by atoms with Crippen LogP contribution in [0, 0.1) is 0 Å². The van der Waals surface area contributed by atoms with Gasteiger partial charge in [0.2, 0.25) is 0 Å². The summed E-state index contributed by atoms with van der Waals surface area (Å²) >= 11 is 0. The quantitative estimate of drug-likeness (QED) is 0.138. The van der Waals surface area contributed by atoms with Crippen LogP contribution in [0.1, 0.15) is 0 Å². The van der Waals surface area contributed by atoms with E-state index in [2.05, 4.69) is 182 Å². The molecule has 11 rings (SSSR count). The van der Waals surface area contributed by atoms with Crippen molar-refractivity contribution in [2.24, 2.45) is 0 Å². The molecular formula is C50H30O. The summed E-state index contributed by atoms with van der Waals surface area (Å²) in [5.41, 5.74) is 9.16. The summed E-state index contributed by atoms with van der Waals surface area (Å²) in [6, 6.07) is 66.4. The number of fused-ring (bicyclic) bond motifs is 9. The molecule has 0 aliphatic heterocycles. The SMILES string of the molecule is c1ccc(-c2cccc3c(-c4cccc5oc6cc7ccccc7cc6c45)c4ccccc4c(-c4cccc5c4ccc4ccccc45)c23)cc1. The molecule has 0 unspecified atom stereocenters. The lowest BCUT2D eigenvalue weighted by Gasteiger charge is -2.21. The molecule has 0 fully saturated rings. The maximum absolute atomic E-state index is 6.62. The Morgan fingerprint density at radius 1 is 0.275 bits per heavy atom. The first-order chi connectivity index (χ1) is 25.3. The molecular weight excluding hydrogens is 617 g/mol. The molecule has 11 aromatic rings. The summed E-state index contributed by atoms with van der Waals surface area (Å²) in [4.78, 5) is 0. The molecule has 0 aliphatic rings. The summed E-state index contributed by atoms with van der Waals surface area (Å²) in [5.74, 6) is 0. The molecule has 0 bridgehead atoms. The highest BCUT2D eigenvalue weighted by Gasteiger charge is 2.23. The fraction of sp³-hybridized carbons (Fsp3) is 0. The zero-order valence-corrected chi connectivity index (χ0v) is 27.7. The zero-order chi connectivity index (χ0) is 33.5. The van der Waals surface area contributed by atoms with Crippen LogP contribution < -0.4 is 0 Å². The third kappa shape index (κ3) is 4.16. The van der Waals surface area contributed by atoms with Gasteiger partial charge in [0.15, 0.2) is 0 Å². The minimum Gasteiger partial charge on any atom is -0.456 e. The van der Waals surface area contributed by atoms with E-state index < -0.39 is 0 Å². The lowest BCUT2D eigenvalue weighted by atomic mass is 9.81. The fourth-order valence-electron chi connectivity index (χ4n) is 8.64. The van der Waals surface area contributed by atoms with Gasteiger partial charge in [0.05, 0.1) is 0 Å². The van der Waals surface area contributed by atoms with Crippen LogP contribution in [-0.4, -0.2) is 0 Å². The van der Waals surface area contributed by atoms with Crippen LogP contribution in [0.3, 0.4) is 0 Å². The second kappa shape index (κ2) is 10.9. The van der Waals surface area contributed by atoms with Crippen molar-refractivity contribution in [3.63, 3.8) is 0 Å². The molecule has 0 saturated carbocycles. The van der Waals surface area contributed by atoms with Gasteiger partial charge in [-0.2, -0.15) is 0 Å². The van der Waals surface area contributed by atoms with Crippen LogP contribution in [0.5, 0.6) is 0 Å². The maximum atomic E-state index is 6.62. The van der Waals surface area contributed by atoms with Crippen LogP contribution in [0.25, 0.3) is 109 Å². The highest BCUT2D eigenvalue weighted by Crippen LogP contribution is 2.50. The average Bonchev–Trinajstić information content (AvgIpc) is 3.56. The van der Waals surface area contributed by atoms with Crippen LogP contribution in [0.15, 0.2) is 186 Å². The molecule has 0 spiro atoms. The summed E-state index contributed by atoms with van der Waals surface area (Å²) in [7, 11) is 0. The van der Waals surface area contributed by atoms with E-state index in [9.17, 15) is 0 Å². The van der Waals surface area contributed by atoms with E-state index in [0.29, 0.717) is 0 Å². The molecule has 236 valence electrons. The molecule has 10 aromatic carbocycles. The lowest BCUT2D eigenvalue weighted by molar-refractivity contribution is 0.669. The molecule has 0 N–H and O–H groups in total. The molecule has 1 heterocycles. The summed E-state index contributed by atoms with van der Waals surface area (Å²) < 4.78 is 6.62. The Bertz CT molecular complexity index is 3180. The number of hydrogen-bond acceptors (Lipinski definition) is 1. The Morgan fingerprint density at radius 2 is 0.882 bits per heavy atom. The zero-order valence-electron chi connectivity index (χ0n) is 27.7. The maximum Gasteiger partial charge on any atom is 0.136 e. The van der Waals surface area contributed by atoms with Gasteiger partial charge in [-0.3, -0.25) is 0 Å². The normalized spacial score (nSPS) is 11.9. The van der Waals surface area contributed by atoms with E-state index >= 15 is 0 Å². The number of rotatable bonds is 3. The predicted molar refractivity (Wildman–Crippen MR) is 218 cm³/mol. The van der Waals surface area contributed by atoms with Gasteiger partial charge in [0.25, 0.3) is 0 Å². The third-order valence-electron chi connectivity index (χ3n) is 10.8. The molecule has 0 aliphatic carbocycles. The molecule has 0 radical (unpaired) electrons. The first kappa shape index (κ1) is 28.2. The lowest BCUT2D eigenvalue weighted by Crippen LogP contribution is -1.94. The standard InChI is InChI=1S/C50H30O/c1-2-13-31(14-3-1)36-21-10-24-43-47(42-25-12-26-45-48(42)44-29-33-16-4-5-17-34(33)30-46(44)51-45)40-19-8-9-20-41(40)50(49(36)43)39-23-11-22-37-35-18-7-6-15-32(35)27-28-38(37)39/h1-30H. The van der Waals surface area contributed by atoms with Gasteiger partial charge in [0, 0.05) is 10.8 Å². The largest absolute Gasteiger partial charge is 0.456 e. The van der Waals surface area contributed by atoms with Crippen molar-refractivity contribution < 1.29 is 4.42 Å². The van der Waals surface area contributed by atoms with E-state index in [1.165, 1.54) is 87.2 Å². The number of furan rings is 1. The average molecular weight is 647 g/mol. The van der Waals surface area contributed by atoms with Gasteiger partial charge >= 0.3 is 0 Å². The molecule has 1 aromatic heterocycles. The van der Waals surface area contributed by atoms with Gasteiger partial charge in [0.1, 0.15) is 11.2 Å². The Kier molecular flexibility index (Phi) is 6.02. The van der Waals surface area contributed by atoms with E-state index in [1.54, 1.807) is 0 Å². The Labute approximate surface area is 294 Å². The van der Waals surface area contributed by atoms with Crippen molar-refractivity contribution >= 4 is 75.8 Å². The van der Waals surface area contributed by atoms with Gasteiger partial charge in [-0.1, -0.05) is 164 Å². The summed E-state index contributed by atoms with van der Waals surface area (Å²) in [6.45, 7) is 0. The van der Waals surface area contributed by atoms with E-state index in [0.717, 1.165) is 21.9 Å². The second-order valence-electron chi connectivity index (χ2n) is 13.6. The van der Waals surface area contributed by atoms with E-state index in [-0.39, 0.29) is 0 Å².